The number of rotatable bonds is 23. The van der Waals surface area contributed by atoms with Crippen molar-refractivity contribution in [3.05, 3.63) is 24.3 Å². The molecule has 0 aromatic heterocycles. The van der Waals surface area contributed by atoms with Gasteiger partial charge in [0.2, 0.25) is 5.91 Å². The predicted molar refractivity (Wildman–Crippen MR) is 135 cm³/mol. The minimum Gasteiger partial charge on any atom is -0.369 e. The summed E-state index contributed by atoms with van der Waals surface area (Å²) in [7, 11) is 0. The minimum absolute atomic E-state index is 0.102. The summed E-state index contributed by atoms with van der Waals surface area (Å²) < 4.78 is 0. The summed E-state index contributed by atoms with van der Waals surface area (Å²) in [5.41, 5.74) is 5.40. The van der Waals surface area contributed by atoms with Crippen molar-refractivity contribution in [3.63, 3.8) is 0 Å². The highest BCUT2D eigenvalue weighted by Crippen LogP contribution is 2.16. The summed E-state index contributed by atoms with van der Waals surface area (Å²) in [5, 5.41) is 0. The molecule has 0 saturated carbocycles. The Balaban J connectivity index is 3.15. The molecule has 0 heterocycles. The van der Waals surface area contributed by atoms with Crippen LogP contribution < -0.4 is 5.73 Å². The molecule has 30 heavy (non-hydrogen) atoms. The summed E-state index contributed by atoms with van der Waals surface area (Å²) in [6.07, 6.45) is 35.2. The van der Waals surface area contributed by atoms with Gasteiger partial charge in [0, 0.05) is 5.92 Å². The molecule has 176 valence electrons. The fourth-order valence-corrected chi connectivity index (χ4v) is 4.06. The summed E-state index contributed by atoms with van der Waals surface area (Å²) in [6.45, 7) is 4.23. The first-order valence-electron chi connectivity index (χ1n) is 13.3. The average Bonchev–Trinajstić information content (AvgIpc) is 2.74. The first kappa shape index (κ1) is 28.9. The third-order valence-electron chi connectivity index (χ3n) is 6.19. The summed E-state index contributed by atoms with van der Waals surface area (Å²) in [6, 6.07) is 0. The molecule has 0 aliphatic heterocycles. The Morgan fingerprint density at radius 1 is 0.633 bits per heavy atom. The Bertz CT molecular complexity index is 413. The predicted octanol–water partition coefficient (Wildman–Crippen LogP) is 9.04. The average molecular weight is 420 g/mol. The highest BCUT2D eigenvalue weighted by Gasteiger charge is 2.11. The molecule has 2 nitrogen and oxygen atoms in total. The summed E-state index contributed by atoms with van der Waals surface area (Å²) >= 11 is 0. The van der Waals surface area contributed by atoms with Crippen molar-refractivity contribution in [1.29, 1.82) is 0 Å². The zero-order chi connectivity index (χ0) is 22.1. The normalized spacial score (nSPS) is 12.9. The Kier molecular flexibility index (Phi) is 23.4. The lowest BCUT2D eigenvalue weighted by Gasteiger charge is -2.09. The number of nitrogens with two attached hydrogens (primary N) is 1. The standard InChI is InChI=1S/C28H53NO/c1-3-5-6-7-8-9-10-11-12-13-14-15-16-17-18-19-20-21-22-23-24-25-26-27(4-2)28(29)30/h5-8,27H,3-4,9-26H2,1-2H3,(H2,29,30)/b6-5+,8-7+. The first-order chi connectivity index (χ1) is 14.7. The van der Waals surface area contributed by atoms with E-state index in [2.05, 4.69) is 38.2 Å². The first-order valence-corrected chi connectivity index (χ1v) is 13.3. The SMILES string of the molecule is CC/C=C/C=C/CCCCCCCCCCCCCCCCCCC(CC)C(N)=O. The van der Waals surface area contributed by atoms with Crippen molar-refractivity contribution in [2.75, 3.05) is 0 Å². The molecule has 0 fully saturated rings. The van der Waals surface area contributed by atoms with Crippen LogP contribution in [0.15, 0.2) is 24.3 Å². The van der Waals surface area contributed by atoms with Crippen LogP contribution >= 0.6 is 0 Å². The maximum atomic E-state index is 11.2. The number of hydrogen-bond acceptors (Lipinski definition) is 1. The lowest BCUT2D eigenvalue weighted by atomic mass is 9.97. The Morgan fingerprint density at radius 3 is 1.43 bits per heavy atom. The van der Waals surface area contributed by atoms with Crippen molar-refractivity contribution in [3.8, 4) is 0 Å². The lowest BCUT2D eigenvalue weighted by Crippen LogP contribution is -2.22. The number of carbonyl (C=O) groups is 1. The molecule has 0 rings (SSSR count). The van der Waals surface area contributed by atoms with Gasteiger partial charge in [-0.1, -0.05) is 134 Å². The van der Waals surface area contributed by atoms with E-state index in [1.54, 1.807) is 0 Å². The molecular weight excluding hydrogens is 366 g/mol. The second-order valence-electron chi connectivity index (χ2n) is 9.01. The Morgan fingerprint density at radius 2 is 1.03 bits per heavy atom. The van der Waals surface area contributed by atoms with Gasteiger partial charge in [0.25, 0.3) is 0 Å². The van der Waals surface area contributed by atoms with Crippen molar-refractivity contribution in [1.82, 2.24) is 0 Å². The van der Waals surface area contributed by atoms with E-state index < -0.39 is 0 Å². The molecule has 2 N–H and O–H groups in total. The van der Waals surface area contributed by atoms with E-state index in [0.29, 0.717) is 0 Å². The summed E-state index contributed by atoms with van der Waals surface area (Å²) in [5.74, 6) is -0.0120. The van der Waals surface area contributed by atoms with E-state index in [9.17, 15) is 4.79 Å². The maximum Gasteiger partial charge on any atom is 0.220 e. The van der Waals surface area contributed by atoms with Crippen LogP contribution in [-0.4, -0.2) is 5.91 Å². The molecule has 0 aliphatic carbocycles. The molecule has 0 spiro atoms. The molecule has 0 aromatic carbocycles. The van der Waals surface area contributed by atoms with Crippen LogP contribution in [0.5, 0.6) is 0 Å². The molecule has 2 heteroatoms. The van der Waals surface area contributed by atoms with Gasteiger partial charge in [-0.15, -0.1) is 0 Å². The Labute approximate surface area is 189 Å². The largest absolute Gasteiger partial charge is 0.369 e. The van der Waals surface area contributed by atoms with Crippen LogP contribution in [0.3, 0.4) is 0 Å². The monoisotopic (exact) mass is 419 g/mol. The van der Waals surface area contributed by atoms with Crippen LogP contribution in [0.1, 0.15) is 142 Å². The maximum absolute atomic E-state index is 11.2. The molecule has 0 aliphatic rings. The quantitative estimate of drug-likeness (QED) is 0.130. The molecule has 0 saturated heterocycles. The van der Waals surface area contributed by atoms with E-state index in [0.717, 1.165) is 25.7 Å². The van der Waals surface area contributed by atoms with Crippen LogP contribution in [0.2, 0.25) is 0 Å². The van der Waals surface area contributed by atoms with Gasteiger partial charge in [-0.2, -0.15) is 0 Å². The minimum atomic E-state index is -0.114. The third kappa shape index (κ3) is 21.7. The summed E-state index contributed by atoms with van der Waals surface area (Å²) in [4.78, 5) is 11.2. The molecule has 1 unspecified atom stereocenters. The highest BCUT2D eigenvalue weighted by molar-refractivity contribution is 5.76. The third-order valence-corrected chi connectivity index (χ3v) is 6.19. The Hall–Kier alpha value is -1.05. The molecule has 1 amide bonds. The molecular formula is C28H53NO. The van der Waals surface area contributed by atoms with Gasteiger partial charge in [0.05, 0.1) is 0 Å². The van der Waals surface area contributed by atoms with Gasteiger partial charge in [0.1, 0.15) is 0 Å². The van der Waals surface area contributed by atoms with Crippen molar-refractivity contribution < 1.29 is 4.79 Å². The highest BCUT2D eigenvalue weighted by atomic mass is 16.1. The molecule has 0 bridgehead atoms. The van der Waals surface area contributed by atoms with Crippen LogP contribution in [-0.2, 0) is 4.79 Å². The fourth-order valence-electron chi connectivity index (χ4n) is 4.06. The molecule has 0 aromatic rings. The van der Waals surface area contributed by atoms with Crippen molar-refractivity contribution in [2.24, 2.45) is 11.7 Å². The van der Waals surface area contributed by atoms with E-state index in [1.807, 2.05) is 0 Å². The second kappa shape index (κ2) is 24.2. The molecule has 1 atom stereocenters. The zero-order valence-corrected chi connectivity index (χ0v) is 20.5. The van der Waals surface area contributed by atoms with E-state index in [1.165, 1.54) is 103 Å². The van der Waals surface area contributed by atoms with Gasteiger partial charge in [-0.25, -0.2) is 0 Å². The molecule has 0 radical (unpaired) electrons. The van der Waals surface area contributed by atoms with Crippen LogP contribution in [0, 0.1) is 5.92 Å². The van der Waals surface area contributed by atoms with Gasteiger partial charge in [-0.3, -0.25) is 4.79 Å². The number of amides is 1. The number of unbranched alkanes of at least 4 members (excludes halogenated alkanes) is 16. The fraction of sp³-hybridized carbons (Fsp3) is 0.821. The van der Waals surface area contributed by atoms with Gasteiger partial charge < -0.3 is 5.73 Å². The van der Waals surface area contributed by atoms with Crippen LogP contribution in [0.4, 0.5) is 0 Å². The smallest absolute Gasteiger partial charge is 0.220 e. The second-order valence-corrected chi connectivity index (χ2v) is 9.01. The van der Waals surface area contributed by atoms with Gasteiger partial charge in [0.15, 0.2) is 0 Å². The van der Waals surface area contributed by atoms with Crippen LogP contribution in [0.25, 0.3) is 0 Å². The number of primary amides is 1. The van der Waals surface area contributed by atoms with E-state index in [4.69, 9.17) is 5.73 Å². The lowest BCUT2D eigenvalue weighted by molar-refractivity contribution is -0.122. The van der Waals surface area contributed by atoms with Gasteiger partial charge in [-0.05, 0) is 32.1 Å². The topological polar surface area (TPSA) is 43.1 Å². The van der Waals surface area contributed by atoms with E-state index >= 15 is 0 Å². The zero-order valence-electron chi connectivity index (χ0n) is 20.5. The van der Waals surface area contributed by atoms with E-state index in [-0.39, 0.29) is 11.8 Å². The number of hydrogen-bond donors (Lipinski definition) is 1. The van der Waals surface area contributed by atoms with Crippen molar-refractivity contribution >= 4 is 5.91 Å². The van der Waals surface area contributed by atoms with Gasteiger partial charge >= 0.3 is 0 Å². The number of allylic oxidation sites excluding steroid dienone is 4. The number of carbonyl (C=O) groups excluding carboxylic acids is 1. The van der Waals surface area contributed by atoms with Crippen molar-refractivity contribution in [2.45, 2.75) is 142 Å².